The Labute approximate surface area is 245 Å². The van der Waals surface area contributed by atoms with Crippen molar-refractivity contribution in [3.8, 4) is 0 Å². The summed E-state index contributed by atoms with van der Waals surface area (Å²) in [6, 6.07) is -0.836. The Bertz CT molecular complexity index is 561. The molecule has 1 heterocycles. The predicted octanol–water partition coefficient (Wildman–Crippen LogP) is -11.2. The third-order valence-electron chi connectivity index (χ3n) is 5.22. The zero-order valence-corrected chi connectivity index (χ0v) is 23.3. The van der Waals surface area contributed by atoms with Crippen molar-refractivity contribution in [3.05, 3.63) is 0 Å². The van der Waals surface area contributed by atoms with E-state index in [1.54, 1.807) is 14.7 Å². The third kappa shape index (κ3) is 15.2. The summed E-state index contributed by atoms with van der Waals surface area (Å²) in [6.45, 7) is -0.648. The molecule has 180 valence electrons. The predicted molar refractivity (Wildman–Crippen MR) is 106 cm³/mol. The first kappa shape index (κ1) is 35.6. The molecule has 0 aromatic rings. The maximum absolute atomic E-state index is 11.1. The minimum atomic E-state index is -1.31. The van der Waals surface area contributed by atoms with Crippen LogP contribution in [0.15, 0.2) is 0 Å². The number of nitrogens with zero attached hydrogens (tertiary/aromatic N) is 4. The van der Waals surface area contributed by atoms with Crippen molar-refractivity contribution in [2.24, 2.45) is 0 Å². The number of carbonyl (C=O) groups excluding carboxylic acids is 3. The molecule has 3 N–H and O–H groups in total. The summed E-state index contributed by atoms with van der Waals surface area (Å²) < 4.78 is 0. The van der Waals surface area contributed by atoms with Crippen LogP contribution in [0.2, 0.25) is 0 Å². The minimum Gasteiger partial charge on any atom is -0.549 e. The van der Waals surface area contributed by atoms with Gasteiger partial charge in [0.1, 0.15) is 0 Å². The van der Waals surface area contributed by atoms with Gasteiger partial charge in [-0.25, -0.2) is 0 Å². The van der Waals surface area contributed by atoms with E-state index < -0.39 is 56.4 Å². The maximum atomic E-state index is 11.1. The number of carboxylic acid groups (broad SMARTS) is 3. The quantitative estimate of drug-likeness (QED) is 0.235. The van der Waals surface area contributed by atoms with E-state index in [4.69, 9.17) is 0 Å². The Morgan fingerprint density at radius 1 is 0.667 bits per heavy atom. The molecular weight excluding hydrogens is 479 g/mol. The third-order valence-corrected chi connectivity index (χ3v) is 5.22. The van der Waals surface area contributed by atoms with Crippen molar-refractivity contribution in [2.45, 2.75) is 12.1 Å². The fraction of sp³-hybridized carbons (Fsp3) is 0.833. The minimum absolute atomic E-state index is 0. The Hall–Kier alpha value is 0.390. The van der Waals surface area contributed by atoms with Gasteiger partial charge >= 0.3 is 67.3 Å². The molecule has 15 heteroatoms. The zero-order chi connectivity index (χ0) is 23.4. The Kier molecular flexibility index (Phi) is 21.1. The van der Waals surface area contributed by atoms with E-state index in [0.29, 0.717) is 0 Å². The van der Waals surface area contributed by atoms with Crippen LogP contribution in [0.4, 0.5) is 0 Å². The molecule has 1 aliphatic rings. The van der Waals surface area contributed by atoms with Crippen LogP contribution in [0.1, 0.15) is 0 Å². The van der Waals surface area contributed by atoms with E-state index in [9.17, 15) is 45.0 Å². The Morgan fingerprint density at radius 3 is 1.21 bits per heavy atom. The molecule has 1 aliphatic heterocycles. The zero-order valence-electron chi connectivity index (χ0n) is 19.1. The summed E-state index contributed by atoms with van der Waals surface area (Å²) in [5, 5.41) is 62.3. The largest absolute Gasteiger partial charge is 2.00 e. The van der Waals surface area contributed by atoms with E-state index in [1.807, 2.05) is 0 Å². The topological polar surface area (TPSA) is 194 Å². The molecule has 0 unspecified atom stereocenters. The van der Waals surface area contributed by atoms with E-state index in [1.165, 1.54) is 4.90 Å². The van der Waals surface area contributed by atoms with Crippen molar-refractivity contribution < 1.29 is 74.6 Å². The summed E-state index contributed by atoms with van der Waals surface area (Å²) in [7, 11) is 0. The van der Waals surface area contributed by atoms with Crippen molar-refractivity contribution in [3.63, 3.8) is 0 Å². The van der Waals surface area contributed by atoms with Gasteiger partial charge in [0.15, 0.2) is 0 Å². The first-order valence-corrected chi connectivity index (χ1v) is 10.1. The van der Waals surface area contributed by atoms with E-state index in [2.05, 4.69) is 0 Å². The molecule has 0 aliphatic carbocycles. The average molecular weight is 511 g/mol. The second kappa shape index (κ2) is 19.6. The molecule has 1 saturated heterocycles. The number of hydrogen-bond donors (Lipinski definition) is 3. The van der Waals surface area contributed by atoms with Gasteiger partial charge in [-0.05, 0) is 0 Å². The monoisotopic (exact) mass is 510 g/mol. The SMILES string of the molecule is O=C([O-])CN1CCN(CC(=O)[O-])CCN([C@H](CO)[C@H](O)CO)CCN(CC(=O)[O-])CC1.[Ca+2].[Na+]. The second-order valence-electron chi connectivity index (χ2n) is 7.48. The van der Waals surface area contributed by atoms with Gasteiger partial charge in [0.25, 0.3) is 0 Å². The molecule has 0 saturated carbocycles. The van der Waals surface area contributed by atoms with Crippen molar-refractivity contribution in [1.29, 1.82) is 0 Å². The number of carboxylic acids is 3. The van der Waals surface area contributed by atoms with Crippen LogP contribution in [0.25, 0.3) is 0 Å². The molecule has 1 fully saturated rings. The Morgan fingerprint density at radius 2 is 0.970 bits per heavy atom. The van der Waals surface area contributed by atoms with Gasteiger partial charge in [-0.15, -0.1) is 0 Å². The van der Waals surface area contributed by atoms with Gasteiger partial charge in [-0.3, -0.25) is 19.6 Å². The fourth-order valence-electron chi connectivity index (χ4n) is 3.51. The van der Waals surface area contributed by atoms with Gasteiger partial charge in [-0.2, -0.15) is 0 Å². The van der Waals surface area contributed by atoms with Gasteiger partial charge in [-0.1, -0.05) is 0 Å². The Balaban J connectivity index is 0. The van der Waals surface area contributed by atoms with Gasteiger partial charge < -0.3 is 45.0 Å². The molecule has 0 bridgehead atoms. The van der Waals surface area contributed by atoms with Crippen LogP contribution in [-0.2, 0) is 14.4 Å². The van der Waals surface area contributed by atoms with Crippen molar-refractivity contribution >= 4 is 55.6 Å². The molecule has 0 spiro atoms. The van der Waals surface area contributed by atoms with Gasteiger partial charge in [0, 0.05) is 72.0 Å². The van der Waals surface area contributed by atoms with Crippen LogP contribution in [0, 0.1) is 0 Å². The van der Waals surface area contributed by atoms with E-state index in [-0.39, 0.29) is 126 Å². The summed E-state index contributed by atoms with van der Waals surface area (Å²) >= 11 is 0. The maximum Gasteiger partial charge on any atom is 2.00 e. The molecule has 0 aromatic heterocycles. The van der Waals surface area contributed by atoms with E-state index >= 15 is 0 Å². The molecule has 0 radical (unpaired) electrons. The second-order valence-corrected chi connectivity index (χ2v) is 7.48. The molecule has 0 aromatic carbocycles. The fourth-order valence-corrected chi connectivity index (χ4v) is 3.51. The summed E-state index contributed by atoms with van der Waals surface area (Å²) in [4.78, 5) is 39.5. The number of aliphatic hydroxyl groups excluding tert-OH is 3. The van der Waals surface area contributed by atoms with Crippen LogP contribution >= 0.6 is 0 Å². The van der Waals surface area contributed by atoms with Gasteiger partial charge in [0.2, 0.25) is 0 Å². The number of aliphatic hydroxyl groups is 3. The van der Waals surface area contributed by atoms with Crippen LogP contribution in [0.3, 0.4) is 0 Å². The molecule has 1 rings (SSSR count). The van der Waals surface area contributed by atoms with Crippen molar-refractivity contribution in [1.82, 2.24) is 19.6 Å². The first-order chi connectivity index (χ1) is 14.7. The molecule has 2 atom stereocenters. The molecule has 0 amide bonds. The molecule has 33 heavy (non-hydrogen) atoms. The smallest absolute Gasteiger partial charge is 0.549 e. The van der Waals surface area contributed by atoms with Crippen LogP contribution < -0.4 is 44.9 Å². The number of rotatable bonds is 10. The standard InChI is InChI=1S/C18H34N4O9.Ca.Na/c23-12-14(15(25)13-24)22-7-5-20(10-17(28)29)3-1-19(9-16(26)27)2-4-21(6-8-22)11-18(30)31;;/h14-15,23-25H,1-13H2,(H,26,27)(H,28,29)(H,30,31);;/q;+2;+1/p-3/t14-,15-;;/m1../s1. The first-order valence-electron chi connectivity index (χ1n) is 10.1. The van der Waals surface area contributed by atoms with Gasteiger partial charge in [0.05, 0.1) is 43.3 Å². The number of hydrogen-bond acceptors (Lipinski definition) is 13. The van der Waals surface area contributed by atoms with Crippen molar-refractivity contribution in [2.75, 3.05) is 85.2 Å². The average Bonchev–Trinajstić information content (AvgIpc) is 2.68. The number of carbonyl (C=O) groups is 3. The summed E-state index contributed by atoms with van der Waals surface area (Å²) in [6.07, 6.45) is -1.25. The summed E-state index contributed by atoms with van der Waals surface area (Å²) in [5.74, 6) is -3.92. The molecular formula is C18H31CaN4NaO9. The van der Waals surface area contributed by atoms with Crippen LogP contribution in [-0.4, -0.2) is 188 Å². The van der Waals surface area contributed by atoms with Crippen LogP contribution in [0.5, 0.6) is 0 Å². The normalized spacial score (nSPS) is 19.7. The number of aliphatic carboxylic acids is 3. The van der Waals surface area contributed by atoms with E-state index in [0.717, 1.165) is 0 Å². The summed E-state index contributed by atoms with van der Waals surface area (Å²) in [5.41, 5.74) is 0. The molecule has 13 nitrogen and oxygen atoms in total.